The second-order valence-electron chi connectivity index (χ2n) is 12.1. The van der Waals surface area contributed by atoms with Gasteiger partial charge >= 0.3 is 0 Å². The first-order chi connectivity index (χ1) is 21.5. The predicted molar refractivity (Wildman–Crippen MR) is 175 cm³/mol. The third-order valence-electron chi connectivity index (χ3n) is 9.18. The van der Waals surface area contributed by atoms with Gasteiger partial charge in [-0.05, 0) is 75.0 Å². The summed E-state index contributed by atoms with van der Waals surface area (Å²) in [4.78, 5) is 34.4. The molecule has 0 radical (unpaired) electrons. The summed E-state index contributed by atoms with van der Waals surface area (Å²) in [5.41, 5.74) is 10.4. The topological polar surface area (TPSA) is 125 Å². The number of piperazine rings is 1. The Balaban J connectivity index is 1.23. The second kappa shape index (κ2) is 13.9. The number of ether oxygens (including phenoxy) is 1. The maximum absolute atomic E-state index is 12.6. The van der Waals surface area contributed by atoms with Gasteiger partial charge in [-0.2, -0.15) is 0 Å². The number of nitrogens with zero attached hydrogens (tertiary/aromatic N) is 6. The highest BCUT2D eigenvalue weighted by Gasteiger charge is 2.28. The van der Waals surface area contributed by atoms with Crippen LogP contribution >= 0.6 is 0 Å². The van der Waals surface area contributed by atoms with E-state index in [0.29, 0.717) is 42.3 Å². The number of hydrogen-bond acceptors (Lipinski definition) is 10. The number of benzene rings is 1. The fourth-order valence-electron chi connectivity index (χ4n) is 6.56. The van der Waals surface area contributed by atoms with E-state index in [2.05, 4.69) is 62.5 Å². The molecule has 3 aliphatic heterocycles. The highest BCUT2D eigenvalue weighted by atomic mass is 16.5. The highest BCUT2D eigenvalue weighted by Crippen LogP contribution is 2.32. The van der Waals surface area contributed by atoms with Crippen molar-refractivity contribution in [3.63, 3.8) is 0 Å². The summed E-state index contributed by atoms with van der Waals surface area (Å²) >= 11 is 0. The van der Waals surface area contributed by atoms with Gasteiger partial charge in [0.15, 0.2) is 17.3 Å². The molecule has 0 atom stereocenters. The largest absolute Gasteiger partial charge is 0.381 e. The van der Waals surface area contributed by atoms with Gasteiger partial charge in [-0.1, -0.05) is 13.0 Å². The molecule has 0 spiro atoms. The Bertz CT molecular complexity index is 1410. The molecule has 2 aromatic heterocycles. The fraction of sp³-hybridized carbons (Fsp3) is 0.515. The molecule has 11 nitrogen and oxygen atoms in total. The number of pyridine rings is 1. The summed E-state index contributed by atoms with van der Waals surface area (Å²) in [6.07, 6.45) is 6.70. The van der Waals surface area contributed by atoms with E-state index in [-0.39, 0.29) is 11.7 Å². The minimum absolute atomic E-state index is 0.0799. The lowest BCUT2D eigenvalue weighted by molar-refractivity contribution is 0.0904. The molecule has 5 heterocycles. The molecule has 3 aliphatic rings. The summed E-state index contributed by atoms with van der Waals surface area (Å²) in [6.45, 7) is 10.4. The molecule has 1 amide bonds. The second-order valence-corrected chi connectivity index (χ2v) is 12.1. The number of aryl methyl sites for hydroxylation is 1. The summed E-state index contributed by atoms with van der Waals surface area (Å²) < 4.78 is 5.55. The average Bonchev–Trinajstić information content (AvgIpc) is 3.06. The van der Waals surface area contributed by atoms with Gasteiger partial charge in [-0.3, -0.25) is 14.7 Å². The highest BCUT2D eigenvalue weighted by molar-refractivity contribution is 5.97. The van der Waals surface area contributed by atoms with Crippen LogP contribution in [0.3, 0.4) is 0 Å². The number of anilines is 4. The van der Waals surface area contributed by atoms with Crippen molar-refractivity contribution >= 4 is 28.9 Å². The first-order valence-corrected chi connectivity index (χ1v) is 16.0. The minimum Gasteiger partial charge on any atom is -0.381 e. The number of amides is 1. The quantitative estimate of drug-likeness (QED) is 0.335. The molecular formula is C33H45N9O2. The van der Waals surface area contributed by atoms with Crippen molar-refractivity contribution in [2.45, 2.75) is 51.1 Å². The molecule has 0 saturated carbocycles. The van der Waals surface area contributed by atoms with Crippen molar-refractivity contribution < 1.29 is 9.53 Å². The SMILES string of the molecule is CCc1cc(Nc2nc(NC3CCOCC3)c(-c3ccccn3)nc2C(N)=O)ccc1N1CCC(N2CCN(C)CC2)CC1. The maximum Gasteiger partial charge on any atom is 0.271 e. The van der Waals surface area contributed by atoms with Crippen molar-refractivity contribution in [2.24, 2.45) is 5.73 Å². The van der Waals surface area contributed by atoms with Crippen LogP contribution in [0.15, 0.2) is 42.6 Å². The van der Waals surface area contributed by atoms with Crippen LogP contribution in [0.1, 0.15) is 48.7 Å². The number of piperidine rings is 1. The maximum atomic E-state index is 12.6. The molecule has 1 aromatic carbocycles. The average molecular weight is 600 g/mol. The summed E-state index contributed by atoms with van der Waals surface area (Å²) in [7, 11) is 2.21. The lowest BCUT2D eigenvalue weighted by atomic mass is 10.00. The number of carbonyl (C=O) groups excluding carboxylic acids is 1. The van der Waals surface area contributed by atoms with Crippen LogP contribution in [-0.4, -0.2) is 102 Å². The van der Waals surface area contributed by atoms with E-state index in [1.54, 1.807) is 6.20 Å². The number of rotatable bonds is 9. The Labute approximate surface area is 260 Å². The lowest BCUT2D eigenvalue weighted by Gasteiger charge is -2.43. The molecule has 0 aliphatic carbocycles. The fourth-order valence-corrected chi connectivity index (χ4v) is 6.56. The van der Waals surface area contributed by atoms with Crippen molar-refractivity contribution in [1.29, 1.82) is 0 Å². The smallest absolute Gasteiger partial charge is 0.271 e. The molecule has 3 fully saturated rings. The summed E-state index contributed by atoms with van der Waals surface area (Å²) in [5, 5.41) is 6.93. The lowest BCUT2D eigenvalue weighted by Crippen LogP contribution is -2.52. The normalized spacial score (nSPS) is 19.2. The molecular weight excluding hydrogens is 554 g/mol. The minimum atomic E-state index is -0.648. The van der Waals surface area contributed by atoms with E-state index in [1.165, 1.54) is 37.2 Å². The number of nitrogens with two attached hydrogens (primary N) is 1. The van der Waals surface area contributed by atoms with Crippen LogP contribution in [0, 0.1) is 0 Å². The molecule has 0 unspecified atom stereocenters. The monoisotopic (exact) mass is 599 g/mol. The molecule has 4 N–H and O–H groups in total. The van der Waals surface area contributed by atoms with Crippen molar-refractivity contribution in [3.8, 4) is 11.4 Å². The molecule has 11 heteroatoms. The Hall–Kier alpha value is -3.80. The number of aromatic nitrogens is 3. The van der Waals surface area contributed by atoms with E-state index in [0.717, 1.165) is 51.1 Å². The van der Waals surface area contributed by atoms with Crippen LogP contribution < -0.4 is 21.3 Å². The number of carbonyl (C=O) groups is 1. The third kappa shape index (κ3) is 6.95. The van der Waals surface area contributed by atoms with E-state index in [9.17, 15) is 4.79 Å². The first-order valence-electron chi connectivity index (χ1n) is 16.0. The van der Waals surface area contributed by atoms with Crippen molar-refractivity contribution in [1.82, 2.24) is 24.8 Å². The van der Waals surface area contributed by atoms with E-state index >= 15 is 0 Å². The van der Waals surface area contributed by atoms with Gasteiger partial charge in [0.05, 0.1) is 5.69 Å². The Morgan fingerprint density at radius 2 is 1.75 bits per heavy atom. The van der Waals surface area contributed by atoms with Gasteiger partial charge in [0.1, 0.15) is 5.69 Å². The molecule has 3 aromatic rings. The molecule has 44 heavy (non-hydrogen) atoms. The van der Waals surface area contributed by atoms with E-state index in [4.69, 9.17) is 20.4 Å². The number of nitrogens with one attached hydrogen (secondary N) is 2. The number of likely N-dealkylation sites (N-methyl/N-ethyl adjacent to an activating group) is 1. The van der Waals surface area contributed by atoms with Gasteiger partial charge in [-0.15, -0.1) is 0 Å². The van der Waals surface area contributed by atoms with Crippen LogP contribution in [0.4, 0.5) is 23.0 Å². The van der Waals surface area contributed by atoms with E-state index < -0.39 is 5.91 Å². The standard InChI is InChI=1S/C33H45N9O2/c1-3-23-22-25(7-8-28(23)42-14-9-26(10-15-42)41-18-16-40(2)17-19-41)37-33-30(31(34)43)38-29(27-6-4-5-13-35-27)32(39-33)36-24-11-20-44-21-12-24/h4-8,13,22,24,26H,3,9-12,14-21H2,1-2H3,(H2,34,43)(H2,36,37,39). The predicted octanol–water partition coefficient (Wildman–Crippen LogP) is 3.75. The van der Waals surface area contributed by atoms with Crippen molar-refractivity contribution in [2.75, 3.05) is 75.1 Å². The van der Waals surface area contributed by atoms with Crippen molar-refractivity contribution in [3.05, 3.63) is 53.9 Å². The zero-order chi connectivity index (χ0) is 30.5. The first kappa shape index (κ1) is 30.2. The van der Waals surface area contributed by atoms with Crippen LogP contribution in [0.25, 0.3) is 11.4 Å². The molecule has 6 rings (SSSR count). The van der Waals surface area contributed by atoms with Gasteiger partial charge < -0.3 is 30.9 Å². The van der Waals surface area contributed by atoms with Crippen LogP contribution in [-0.2, 0) is 11.2 Å². The summed E-state index contributed by atoms with van der Waals surface area (Å²) in [5.74, 6) is 0.249. The third-order valence-corrected chi connectivity index (χ3v) is 9.18. The van der Waals surface area contributed by atoms with Gasteiger partial charge in [0.25, 0.3) is 5.91 Å². The Morgan fingerprint density at radius 3 is 2.43 bits per heavy atom. The molecule has 234 valence electrons. The van der Waals surface area contributed by atoms with E-state index in [1.807, 2.05) is 18.2 Å². The van der Waals surface area contributed by atoms with Gasteiger partial charge in [0.2, 0.25) is 0 Å². The number of primary amides is 1. The number of hydrogen-bond donors (Lipinski definition) is 3. The Morgan fingerprint density at radius 1 is 0.977 bits per heavy atom. The Kier molecular flexibility index (Phi) is 9.54. The van der Waals surface area contributed by atoms with Gasteiger partial charge in [-0.25, -0.2) is 9.97 Å². The van der Waals surface area contributed by atoms with Crippen LogP contribution in [0.2, 0.25) is 0 Å². The van der Waals surface area contributed by atoms with Crippen LogP contribution in [0.5, 0.6) is 0 Å². The van der Waals surface area contributed by atoms with Gasteiger partial charge in [0, 0.05) is 82.1 Å². The zero-order valence-electron chi connectivity index (χ0n) is 26.0. The molecule has 3 saturated heterocycles. The zero-order valence-corrected chi connectivity index (χ0v) is 26.0. The molecule has 0 bridgehead atoms. The summed E-state index contributed by atoms with van der Waals surface area (Å²) in [6, 6.07) is 12.9.